The topological polar surface area (TPSA) is 49.4 Å². The van der Waals surface area contributed by atoms with Gasteiger partial charge in [-0.1, -0.05) is 23.7 Å². The lowest BCUT2D eigenvalue weighted by atomic mass is 9.95. The molecule has 2 aliphatic carbocycles. The Bertz CT molecular complexity index is 651. The average Bonchev–Trinajstić information content (AvgIpc) is 3.49. The number of nitrogens with zero attached hydrogens (tertiary/aromatic N) is 1. The summed E-state index contributed by atoms with van der Waals surface area (Å²) in [6.07, 6.45) is 4.74. The summed E-state index contributed by atoms with van der Waals surface area (Å²) in [7, 11) is 0. The second kappa shape index (κ2) is 6.40. The van der Waals surface area contributed by atoms with Crippen molar-refractivity contribution in [3.63, 3.8) is 0 Å². The number of amides is 2. The van der Waals surface area contributed by atoms with E-state index < -0.39 is 0 Å². The Balaban J connectivity index is 1.28. The van der Waals surface area contributed by atoms with E-state index in [9.17, 15) is 9.59 Å². The molecule has 2 amide bonds. The molecule has 1 N–H and O–H groups in total. The van der Waals surface area contributed by atoms with Crippen molar-refractivity contribution in [3.05, 3.63) is 34.9 Å². The van der Waals surface area contributed by atoms with E-state index in [0.717, 1.165) is 37.1 Å². The van der Waals surface area contributed by atoms with Crippen molar-refractivity contribution < 1.29 is 9.59 Å². The Morgan fingerprint density at radius 3 is 2.54 bits per heavy atom. The molecule has 4 rings (SSSR count). The van der Waals surface area contributed by atoms with E-state index in [2.05, 4.69) is 11.4 Å². The average molecular weight is 347 g/mol. The summed E-state index contributed by atoms with van der Waals surface area (Å²) in [5, 5.41) is 3.81. The van der Waals surface area contributed by atoms with Crippen molar-refractivity contribution >= 4 is 23.4 Å². The number of hydrogen-bond acceptors (Lipinski definition) is 2. The lowest BCUT2D eigenvalue weighted by molar-refractivity contribution is -0.136. The highest BCUT2D eigenvalue weighted by Crippen LogP contribution is 2.49. The normalized spacial score (nSPS) is 27.0. The minimum absolute atomic E-state index is 0.0811. The van der Waals surface area contributed by atoms with Gasteiger partial charge >= 0.3 is 0 Å². The Morgan fingerprint density at radius 1 is 1.12 bits per heavy atom. The number of piperidine rings is 1. The van der Waals surface area contributed by atoms with E-state index in [1.165, 1.54) is 5.56 Å². The van der Waals surface area contributed by atoms with Gasteiger partial charge < -0.3 is 10.2 Å². The fraction of sp³-hybridized carbons (Fsp3) is 0.579. The van der Waals surface area contributed by atoms with Crippen LogP contribution in [0.25, 0.3) is 0 Å². The molecule has 128 valence electrons. The maximum absolute atomic E-state index is 12.7. The smallest absolute Gasteiger partial charge is 0.226 e. The van der Waals surface area contributed by atoms with Gasteiger partial charge in [-0.05, 0) is 55.7 Å². The lowest BCUT2D eigenvalue weighted by Gasteiger charge is -2.31. The quantitative estimate of drug-likeness (QED) is 0.911. The van der Waals surface area contributed by atoms with Gasteiger partial charge in [0.1, 0.15) is 0 Å². The number of nitrogens with one attached hydrogen (secondary N) is 1. The molecule has 4 nitrogen and oxygen atoms in total. The third kappa shape index (κ3) is 3.44. The van der Waals surface area contributed by atoms with E-state index in [1.54, 1.807) is 0 Å². The molecule has 2 atom stereocenters. The van der Waals surface area contributed by atoms with E-state index >= 15 is 0 Å². The lowest BCUT2D eigenvalue weighted by Crippen LogP contribution is -2.44. The Morgan fingerprint density at radius 2 is 1.88 bits per heavy atom. The van der Waals surface area contributed by atoms with Gasteiger partial charge in [0.15, 0.2) is 0 Å². The molecule has 0 bridgehead atoms. The number of benzene rings is 1. The van der Waals surface area contributed by atoms with Crippen molar-refractivity contribution in [3.8, 4) is 0 Å². The molecule has 1 saturated heterocycles. The molecule has 3 aliphatic rings. The molecule has 24 heavy (non-hydrogen) atoms. The van der Waals surface area contributed by atoms with Gasteiger partial charge in [0.25, 0.3) is 0 Å². The van der Waals surface area contributed by atoms with E-state index in [4.69, 9.17) is 11.6 Å². The molecule has 1 aliphatic heterocycles. The molecule has 0 aromatic heterocycles. The van der Waals surface area contributed by atoms with Crippen LogP contribution in [0.3, 0.4) is 0 Å². The molecular weight excluding hydrogens is 324 g/mol. The summed E-state index contributed by atoms with van der Waals surface area (Å²) >= 11 is 6.05. The number of halogens is 1. The fourth-order valence-electron chi connectivity index (χ4n) is 3.72. The van der Waals surface area contributed by atoms with E-state index in [1.807, 2.05) is 23.1 Å². The largest absolute Gasteiger partial charge is 0.353 e. The fourth-order valence-corrected chi connectivity index (χ4v) is 3.92. The minimum atomic E-state index is 0.0811. The first-order valence-electron chi connectivity index (χ1n) is 8.96. The highest BCUT2D eigenvalue weighted by molar-refractivity contribution is 6.30. The second-order valence-corrected chi connectivity index (χ2v) is 7.82. The van der Waals surface area contributed by atoms with Crippen molar-refractivity contribution in [2.24, 2.45) is 11.8 Å². The maximum Gasteiger partial charge on any atom is 0.226 e. The van der Waals surface area contributed by atoms with E-state index in [-0.39, 0.29) is 23.7 Å². The van der Waals surface area contributed by atoms with Crippen molar-refractivity contribution in [2.45, 2.75) is 44.1 Å². The summed E-state index contributed by atoms with van der Waals surface area (Å²) in [5.41, 5.74) is 1.17. The van der Waals surface area contributed by atoms with Gasteiger partial charge in [-0.25, -0.2) is 0 Å². The first-order valence-corrected chi connectivity index (χ1v) is 9.34. The standard InChI is InChI=1S/C19H23ClN2O2/c20-14-3-1-2-13(10-14)16-11-17(16)19(24)22-8-6-12(7-9-22)18(23)21-15-4-5-15/h1-3,10,12,15-17H,4-9,11H2,(H,21,23)/t16-,17+/m0/s1. The summed E-state index contributed by atoms with van der Waals surface area (Å²) < 4.78 is 0. The molecule has 1 heterocycles. The molecule has 0 radical (unpaired) electrons. The van der Waals surface area contributed by atoms with E-state index in [0.29, 0.717) is 25.0 Å². The van der Waals surface area contributed by atoms with Crippen LogP contribution in [0.2, 0.25) is 5.02 Å². The molecule has 5 heteroatoms. The van der Waals surface area contributed by atoms with Crippen molar-refractivity contribution in [2.75, 3.05) is 13.1 Å². The van der Waals surface area contributed by atoms with Crippen LogP contribution in [0.1, 0.15) is 43.6 Å². The second-order valence-electron chi connectivity index (χ2n) is 7.39. The SMILES string of the molecule is O=C(NC1CC1)C1CCN(C(=O)[C@@H]2C[C@H]2c2cccc(Cl)c2)CC1. The van der Waals surface area contributed by atoms with Crippen LogP contribution >= 0.6 is 11.6 Å². The Hall–Kier alpha value is -1.55. The Labute approximate surface area is 147 Å². The van der Waals surface area contributed by atoms with Crippen LogP contribution in [0.15, 0.2) is 24.3 Å². The molecule has 3 fully saturated rings. The summed E-state index contributed by atoms with van der Waals surface area (Å²) in [5.74, 6) is 0.929. The highest BCUT2D eigenvalue weighted by atomic mass is 35.5. The third-order valence-corrected chi connectivity index (χ3v) is 5.72. The predicted molar refractivity (Wildman–Crippen MR) is 92.8 cm³/mol. The van der Waals surface area contributed by atoms with Crippen LogP contribution in [0.4, 0.5) is 0 Å². The molecule has 0 unspecified atom stereocenters. The predicted octanol–water partition coefficient (Wildman–Crippen LogP) is 2.96. The summed E-state index contributed by atoms with van der Waals surface area (Å²) in [6, 6.07) is 8.25. The zero-order valence-corrected chi connectivity index (χ0v) is 14.5. The number of carbonyl (C=O) groups is 2. The van der Waals surface area contributed by atoms with Gasteiger partial charge in [-0.2, -0.15) is 0 Å². The first-order chi connectivity index (χ1) is 11.6. The highest BCUT2D eigenvalue weighted by Gasteiger charge is 2.46. The minimum Gasteiger partial charge on any atom is -0.353 e. The van der Waals surface area contributed by atoms with Gasteiger partial charge in [0.2, 0.25) is 11.8 Å². The molecule has 1 aromatic rings. The van der Waals surface area contributed by atoms with Crippen LogP contribution in [-0.4, -0.2) is 35.8 Å². The first kappa shape index (κ1) is 15.9. The number of rotatable bonds is 4. The third-order valence-electron chi connectivity index (χ3n) is 5.49. The monoisotopic (exact) mass is 346 g/mol. The number of carbonyl (C=O) groups excluding carboxylic acids is 2. The maximum atomic E-state index is 12.7. The van der Waals surface area contributed by atoms with Crippen LogP contribution in [0, 0.1) is 11.8 Å². The zero-order chi connectivity index (χ0) is 16.7. The molecule has 2 saturated carbocycles. The summed E-state index contributed by atoms with van der Waals surface area (Å²) in [4.78, 5) is 26.8. The molecular formula is C19H23ClN2O2. The molecule has 0 spiro atoms. The Kier molecular flexibility index (Phi) is 4.25. The van der Waals surface area contributed by atoms with Gasteiger partial charge in [0.05, 0.1) is 0 Å². The van der Waals surface area contributed by atoms with Gasteiger partial charge in [0, 0.05) is 36.0 Å². The van der Waals surface area contributed by atoms with Crippen LogP contribution < -0.4 is 5.32 Å². The number of hydrogen-bond donors (Lipinski definition) is 1. The van der Waals surface area contributed by atoms with Gasteiger partial charge in [-0.15, -0.1) is 0 Å². The van der Waals surface area contributed by atoms with Crippen molar-refractivity contribution in [1.82, 2.24) is 10.2 Å². The van der Waals surface area contributed by atoms with Crippen LogP contribution in [-0.2, 0) is 9.59 Å². The van der Waals surface area contributed by atoms with Crippen LogP contribution in [0.5, 0.6) is 0 Å². The van der Waals surface area contributed by atoms with Gasteiger partial charge in [-0.3, -0.25) is 9.59 Å². The van der Waals surface area contributed by atoms with Crippen molar-refractivity contribution in [1.29, 1.82) is 0 Å². The number of likely N-dealkylation sites (tertiary alicyclic amines) is 1. The molecule has 1 aromatic carbocycles. The zero-order valence-electron chi connectivity index (χ0n) is 13.7. The summed E-state index contributed by atoms with van der Waals surface area (Å²) in [6.45, 7) is 1.42.